The summed E-state index contributed by atoms with van der Waals surface area (Å²) in [6.07, 6.45) is -2.73. The number of halogens is 3. The number of rotatable bonds is 3. The zero-order valence-electron chi connectivity index (χ0n) is 9.44. The first-order valence-corrected chi connectivity index (χ1v) is 5.37. The van der Waals surface area contributed by atoms with Gasteiger partial charge in [-0.25, -0.2) is 0 Å². The van der Waals surface area contributed by atoms with Crippen LogP contribution in [0.2, 0.25) is 0 Å². The van der Waals surface area contributed by atoms with Crippen LogP contribution in [0.3, 0.4) is 0 Å². The van der Waals surface area contributed by atoms with Gasteiger partial charge in [0.15, 0.2) is 5.82 Å². The highest BCUT2D eigenvalue weighted by molar-refractivity contribution is 5.78. The van der Waals surface area contributed by atoms with Gasteiger partial charge in [-0.3, -0.25) is 4.79 Å². The zero-order valence-corrected chi connectivity index (χ0v) is 9.44. The van der Waals surface area contributed by atoms with Crippen molar-refractivity contribution in [1.82, 2.24) is 25.0 Å². The van der Waals surface area contributed by atoms with E-state index in [0.717, 1.165) is 0 Å². The van der Waals surface area contributed by atoms with Crippen molar-refractivity contribution in [3.8, 4) is 0 Å². The lowest BCUT2D eigenvalue weighted by Crippen LogP contribution is -2.44. The Hall–Kier alpha value is -1.64. The van der Waals surface area contributed by atoms with E-state index in [1.165, 1.54) is 4.90 Å². The quantitative estimate of drug-likeness (QED) is 0.818. The topological polar surface area (TPSA) is 63.1 Å². The predicted molar refractivity (Wildman–Crippen MR) is 54.4 cm³/mol. The second-order valence-corrected chi connectivity index (χ2v) is 3.97. The van der Waals surface area contributed by atoms with Gasteiger partial charge in [0.05, 0.1) is 19.6 Å². The van der Waals surface area contributed by atoms with Crippen LogP contribution >= 0.6 is 0 Å². The second kappa shape index (κ2) is 4.92. The smallest absolute Gasteiger partial charge is 0.332 e. The van der Waals surface area contributed by atoms with Crippen molar-refractivity contribution >= 4 is 5.91 Å². The maximum atomic E-state index is 11.9. The molecule has 1 amide bonds. The van der Waals surface area contributed by atoms with Crippen LogP contribution in [0.15, 0.2) is 6.33 Å². The number of alkyl halides is 3. The van der Waals surface area contributed by atoms with Gasteiger partial charge in [0, 0.05) is 13.1 Å². The molecule has 0 unspecified atom stereocenters. The molecule has 0 radical (unpaired) electrons. The Morgan fingerprint density at radius 2 is 2.22 bits per heavy atom. The van der Waals surface area contributed by atoms with Gasteiger partial charge in [0.1, 0.15) is 6.33 Å². The highest BCUT2D eigenvalue weighted by Crippen LogP contribution is 2.12. The molecule has 1 N–H and O–H groups in total. The summed E-state index contributed by atoms with van der Waals surface area (Å²) in [6.45, 7) is -0.187. The van der Waals surface area contributed by atoms with Crippen molar-refractivity contribution in [2.75, 3.05) is 19.6 Å². The first-order valence-electron chi connectivity index (χ1n) is 5.37. The number of fused-ring (bicyclic) bond motifs is 1. The van der Waals surface area contributed by atoms with Gasteiger partial charge in [-0.2, -0.15) is 13.2 Å². The fourth-order valence-electron chi connectivity index (χ4n) is 1.70. The van der Waals surface area contributed by atoms with Crippen LogP contribution in [0.4, 0.5) is 13.2 Å². The van der Waals surface area contributed by atoms with Crippen LogP contribution in [0.5, 0.6) is 0 Å². The number of hydrogen-bond donors (Lipinski definition) is 1. The molecule has 0 atom stereocenters. The minimum absolute atomic E-state index is 0.284. The third-order valence-corrected chi connectivity index (χ3v) is 2.59. The van der Waals surface area contributed by atoms with Gasteiger partial charge >= 0.3 is 6.18 Å². The molecular weight excluding hydrogens is 251 g/mol. The largest absolute Gasteiger partial charge is 0.401 e. The summed E-state index contributed by atoms with van der Waals surface area (Å²) in [5.74, 6) is 0.277. The van der Waals surface area contributed by atoms with Crippen LogP contribution in [-0.4, -0.2) is 51.4 Å². The summed E-state index contributed by atoms with van der Waals surface area (Å²) in [5.41, 5.74) is 0. The average Bonchev–Trinajstić information content (AvgIpc) is 2.73. The van der Waals surface area contributed by atoms with Gasteiger partial charge in [0.25, 0.3) is 0 Å². The van der Waals surface area contributed by atoms with Crippen LogP contribution < -0.4 is 5.32 Å². The fraction of sp³-hybridized carbons (Fsp3) is 0.667. The van der Waals surface area contributed by atoms with Gasteiger partial charge in [-0.15, -0.1) is 10.2 Å². The predicted octanol–water partition coefficient (Wildman–Crippen LogP) is -0.228. The second-order valence-electron chi connectivity index (χ2n) is 3.97. The first kappa shape index (κ1) is 12.8. The molecule has 0 spiro atoms. The number of carbonyl (C=O) groups excluding carboxylic acids is 1. The fourth-order valence-corrected chi connectivity index (χ4v) is 1.70. The lowest BCUT2D eigenvalue weighted by atomic mass is 10.3. The van der Waals surface area contributed by atoms with Gasteiger partial charge in [0.2, 0.25) is 5.91 Å². The van der Waals surface area contributed by atoms with E-state index in [2.05, 4.69) is 15.5 Å². The molecule has 0 saturated heterocycles. The van der Waals surface area contributed by atoms with E-state index in [1.807, 2.05) is 4.57 Å². The molecule has 100 valence electrons. The Morgan fingerprint density at radius 3 is 2.94 bits per heavy atom. The number of nitrogens with zero attached hydrogens (tertiary/aromatic N) is 4. The number of amides is 1. The van der Waals surface area contributed by atoms with E-state index >= 15 is 0 Å². The monoisotopic (exact) mass is 263 g/mol. The summed E-state index contributed by atoms with van der Waals surface area (Å²) < 4.78 is 37.5. The third-order valence-electron chi connectivity index (χ3n) is 2.59. The van der Waals surface area contributed by atoms with Gasteiger partial charge in [-0.05, 0) is 0 Å². The molecule has 9 heteroatoms. The number of hydrogen-bond acceptors (Lipinski definition) is 4. The summed E-state index contributed by atoms with van der Waals surface area (Å²) in [7, 11) is 0. The van der Waals surface area contributed by atoms with Crippen LogP contribution in [0.1, 0.15) is 5.82 Å². The number of nitrogens with one attached hydrogen (secondary N) is 1. The molecule has 1 aromatic rings. The average molecular weight is 263 g/mol. The highest BCUT2D eigenvalue weighted by Gasteiger charge is 2.27. The minimum atomic E-state index is -4.30. The molecule has 0 bridgehead atoms. The van der Waals surface area contributed by atoms with E-state index in [-0.39, 0.29) is 19.0 Å². The zero-order chi connectivity index (χ0) is 13.2. The summed E-state index contributed by atoms with van der Waals surface area (Å²) in [6, 6.07) is 0. The molecular formula is C9H12F3N5O. The van der Waals surface area contributed by atoms with Crippen molar-refractivity contribution in [1.29, 1.82) is 0 Å². The Morgan fingerprint density at radius 1 is 1.44 bits per heavy atom. The first-order chi connectivity index (χ1) is 8.46. The van der Waals surface area contributed by atoms with E-state index in [0.29, 0.717) is 18.9 Å². The molecule has 2 heterocycles. The van der Waals surface area contributed by atoms with Crippen molar-refractivity contribution in [3.63, 3.8) is 0 Å². The molecule has 0 aliphatic carbocycles. The van der Waals surface area contributed by atoms with E-state index in [1.54, 1.807) is 6.33 Å². The lowest BCUT2D eigenvalue weighted by Gasteiger charge is -2.27. The van der Waals surface area contributed by atoms with Crippen LogP contribution in [0.25, 0.3) is 0 Å². The van der Waals surface area contributed by atoms with Crippen molar-refractivity contribution < 1.29 is 18.0 Å². The SMILES string of the molecule is O=C(CNCC(F)(F)F)N1CCn2cnnc2C1. The molecule has 6 nitrogen and oxygen atoms in total. The van der Waals surface area contributed by atoms with E-state index in [9.17, 15) is 18.0 Å². The summed E-state index contributed by atoms with van der Waals surface area (Å²) in [4.78, 5) is 13.1. The van der Waals surface area contributed by atoms with Gasteiger partial charge < -0.3 is 14.8 Å². The standard InChI is InChI=1S/C9H12F3N5O/c10-9(11,12)5-13-3-8(18)16-1-2-17-6-14-15-7(17)4-16/h6,13H,1-5H2. The highest BCUT2D eigenvalue weighted by atomic mass is 19.4. The molecule has 18 heavy (non-hydrogen) atoms. The number of aromatic nitrogens is 3. The normalized spacial score (nSPS) is 15.6. The van der Waals surface area contributed by atoms with Crippen LogP contribution in [-0.2, 0) is 17.9 Å². The molecule has 2 rings (SSSR count). The molecule has 1 aliphatic rings. The molecule has 1 aliphatic heterocycles. The Bertz CT molecular complexity index is 430. The van der Waals surface area contributed by atoms with Crippen molar-refractivity contribution in [2.24, 2.45) is 0 Å². The number of carbonyl (C=O) groups is 1. The molecule has 0 saturated carbocycles. The summed E-state index contributed by atoms with van der Waals surface area (Å²) in [5, 5.41) is 9.61. The van der Waals surface area contributed by atoms with Crippen LogP contribution in [0, 0.1) is 0 Å². The van der Waals surface area contributed by atoms with E-state index in [4.69, 9.17) is 0 Å². The van der Waals surface area contributed by atoms with Gasteiger partial charge in [-0.1, -0.05) is 0 Å². The minimum Gasteiger partial charge on any atom is -0.332 e. The molecule has 0 fully saturated rings. The maximum Gasteiger partial charge on any atom is 0.401 e. The third kappa shape index (κ3) is 3.19. The van der Waals surface area contributed by atoms with Crippen molar-refractivity contribution in [3.05, 3.63) is 12.2 Å². The Kier molecular flexibility index (Phi) is 3.50. The lowest BCUT2D eigenvalue weighted by molar-refractivity contribution is -0.135. The van der Waals surface area contributed by atoms with Crippen molar-refractivity contribution in [2.45, 2.75) is 19.3 Å². The maximum absolute atomic E-state index is 11.9. The molecule has 0 aromatic carbocycles. The molecule has 1 aromatic heterocycles. The summed E-state index contributed by atoms with van der Waals surface area (Å²) >= 11 is 0. The van der Waals surface area contributed by atoms with E-state index < -0.39 is 12.7 Å². The Labute approximate surface area is 101 Å². The Balaban J connectivity index is 1.81.